The summed E-state index contributed by atoms with van der Waals surface area (Å²) in [6.07, 6.45) is 1.38. The third-order valence-corrected chi connectivity index (χ3v) is 1.04. The van der Waals surface area contributed by atoms with Crippen molar-refractivity contribution in [3.05, 3.63) is 0 Å². The fraction of sp³-hybridized carbons (Fsp3) is 0.333. The van der Waals surface area contributed by atoms with Gasteiger partial charge in [-0.25, -0.2) is 0 Å². The van der Waals surface area contributed by atoms with E-state index in [1.165, 1.54) is 6.19 Å². The van der Waals surface area contributed by atoms with Crippen molar-refractivity contribution in [2.24, 2.45) is 10.7 Å². The number of aliphatic imine (C=N–C) groups is 1. The summed E-state index contributed by atoms with van der Waals surface area (Å²) in [5.41, 5.74) is 4.99. The second-order valence-electron chi connectivity index (χ2n) is 1.09. The Morgan fingerprint density at radius 1 is 1.56 bits per heavy atom. The normalized spacial score (nSPS) is 12.9. The van der Waals surface area contributed by atoms with Gasteiger partial charge < -0.3 is 5.73 Å². The van der Waals surface area contributed by atoms with Crippen molar-refractivity contribution in [2.75, 3.05) is 0 Å². The largest absolute Gasteiger partial charge is 0.383 e. The Balaban J connectivity index is 4.25. The second kappa shape index (κ2) is 3.11. The molecule has 0 aliphatic carbocycles. The number of hydrogen-bond acceptors (Lipinski definition) is 2. The quantitative estimate of drug-likeness (QED) is 0.267. The van der Waals surface area contributed by atoms with E-state index in [-0.39, 0.29) is 5.84 Å². The van der Waals surface area contributed by atoms with Crippen molar-refractivity contribution in [3.63, 3.8) is 0 Å². The fourth-order valence-corrected chi connectivity index (χ4v) is 0.244. The SMILES string of the molecule is N#CN=C(N)C(Cl)(Cl)Cl. The van der Waals surface area contributed by atoms with Crippen LogP contribution in [-0.4, -0.2) is 9.63 Å². The molecule has 0 saturated heterocycles. The molecule has 0 bridgehead atoms. The van der Waals surface area contributed by atoms with E-state index in [1.807, 2.05) is 0 Å². The lowest BCUT2D eigenvalue weighted by molar-refractivity contribution is 1.36. The summed E-state index contributed by atoms with van der Waals surface area (Å²) in [5, 5.41) is 7.91. The molecule has 0 aliphatic rings. The lowest BCUT2D eigenvalue weighted by Gasteiger charge is -2.05. The van der Waals surface area contributed by atoms with E-state index in [0.29, 0.717) is 0 Å². The Kier molecular flexibility index (Phi) is 3.06. The molecule has 0 radical (unpaired) electrons. The number of nitrogens with zero attached hydrogens (tertiary/aromatic N) is 2. The zero-order chi connectivity index (χ0) is 7.49. The van der Waals surface area contributed by atoms with E-state index in [9.17, 15) is 0 Å². The zero-order valence-corrected chi connectivity index (χ0v) is 6.37. The van der Waals surface area contributed by atoms with Crippen LogP contribution in [0.4, 0.5) is 0 Å². The second-order valence-corrected chi connectivity index (χ2v) is 3.38. The maximum absolute atomic E-state index is 7.91. The van der Waals surface area contributed by atoms with Gasteiger partial charge in [0.1, 0.15) is 0 Å². The number of hydrogen-bond donors (Lipinski definition) is 1. The van der Waals surface area contributed by atoms with Gasteiger partial charge in [-0.3, -0.25) is 0 Å². The van der Waals surface area contributed by atoms with Crippen molar-refractivity contribution in [1.82, 2.24) is 0 Å². The molecule has 0 spiro atoms. The molecule has 0 fully saturated rings. The molecule has 9 heavy (non-hydrogen) atoms. The van der Waals surface area contributed by atoms with Gasteiger partial charge in [0.2, 0.25) is 9.99 Å². The average Bonchev–Trinajstić information content (AvgIpc) is 1.64. The third kappa shape index (κ3) is 3.41. The molecule has 0 unspecified atom stereocenters. The van der Waals surface area contributed by atoms with Crippen LogP contribution in [0.1, 0.15) is 0 Å². The van der Waals surface area contributed by atoms with E-state index < -0.39 is 3.79 Å². The predicted molar refractivity (Wildman–Crippen MR) is 37.5 cm³/mol. The molecule has 0 aliphatic heterocycles. The summed E-state index contributed by atoms with van der Waals surface area (Å²) in [5.74, 6) is -0.324. The maximum Gasteiger partial charge on any atom is 0.248 e. The summed E-state index contributed by atoms with van der Waals surface area (Å²) in [7, 11) is 0. The third-order valence-electron chi connectivity index (χ3n) is 0.461. The van der Waals surface area contributed by atoms with Crippen molar-refractivity contribution >= 4 is 40.6 Å². The molecule has 50 valence electrons. The predicted octanol–water partition coefficient (Wildman–Crippen LogP) is 1.19. The van der Waals surface area contributed by atoms with Crippen molar-refractivity contribution in [1.29, 1.82) is 5.26 Å². The molecule has 6 heteroatoms. The van der Waals surface area contributed by atoms with Gasteiger partial charge in [-0.05, 0) is 0 Å². The van der Waals surface area contributed by atoms with Crippen LogP contribution >= 0.6 is 34.8 Å². The number of alkyl halides is 3. The Labute approximate surface area is 67.0 Å². The molecule has 0 aromatic heterocycles. The maximum atomic E-state index is 7.91. The van der Waals surface area contributed by atoms with Gasteiger partial charge in [0.05, 0.1) is 0 Å². The van der Waals surface area contributed by atoms with Crippen LogP contribution in [0, 0.1) is 11.5 Å². The summed E-state index contributed by atoms with van der Waals surface area (Å²) in [4.78, 5) is 3.00. The molecule has 2 N–H and O–H groups in total. The molecular weight excluding hydrogens is 184 g/mol. The van der Waals surface area contributed by atoms with Gasteiger partial charge >= 0.3 is 0 Å². The minimum atomic E-state index is -1.77. The standard InChI is InChI=1S/C3H2Cl3N3/c4-3(5,6)2(8)9-1-7/h(H2,8,9). The molecular formula is C3H2Cl3N3. The molecule has 0 amide bonds. The monoisotopic (exact) mass is 185 g/mol. The van der Waals surface area contributed by atoms with E-state index in [0.717, 1.165) is 0 Å². The zero-order valence-electron chi connectivity index (χ0n) is 4.11. The lowest BCUT2D eigenvalue weighted by atomic mass is 10.7. The highest BCUT2D eigenvalue weighted by atomic mass is 35.6. The van der Waals surface area contributed by atoms with Gasteiger partial charge in [-0.15, -0.1) is 0 Å². The minimum Gasteiger partial charge on any atom is -0.383 e. The average molecular weight is 186 g/mol. The molecule has 3 nitrogen and oxygen atoms in total. The first-order chi connectivity index (χ1) is 3.98. The molecule has 0 aromatic rings. The summed E-state index contributed by atoms with van der Waals surface area (Å²) < 4.78 is -1.77. The van der Waals surface area contributed by atoms with Gasteiger partial charge in [0.25, 0.3) is 0 Å². The van der Waals surface area contributed by atoms with Crippen molar-refractivity contribution in [2.45, 2.75) is 3.79 Å². The Hall–Kier alpha value is -0.170. The van der Waals surface area contributed by atoms with E-state index in [1.54, 1.807) is 0 Å². The van der Waals surface area contributed by atoms with Gasteiger partial charge in [-0.1, -0.05) is 34.8 Å². The van der Waals surface area contributed by atoms with Gasteiger partial charge in [-0.2, -0.15) is 10.3 Å². The molecule has 0 rings (SSSR count). The number of amidine groups is 1. The molecule has 0 saturated carbocycles. The summed E-state index contributed by atoms with van der Waals surface area (Å²) in [6, 6.07) is 0. The smallest absolute Gasteiger partial charge is 0.248 e. The van der Waals surface area contributed by atoms with Crippen LogP contribution in [0.2, 0.25) is 0 Å². The highest BCUT2D eigenvalue weighted by Gasteiger charge is 2.25. The van der Waals surface area contributed by atoms with Gasteiger partial charge in [0.15, 0.2) is 5.84 Å². The number of nitrogens with two attached hydrogens (primary N) is 1. The van der Waals surface area contributed by atoms with E-state index in [4.69, 9.17) is 45.8 Å². The lowest BCUT2D eigenvalue weighted by Crippen LogP contribution is -2.27. The number of nitriles is 1. The summed E-state index contributed by atoms with van der Waals surface area (Å²) >= 11 is 15.6. The van der Waals surface area contributed by atoms with E-state index in [2.05, 4.69) is 4.99 Å². The van der Waals surface area contributed by atoms with Crippen LogP contribution in [-0.2, 0) is 0 Å². The molecule has 0 aromatic carbocycles. The van der Waals surface area contributed by atoms with Crippen LogP contribution in [0.3, 0.4) is 0 Å². The van der Waals surface area contributed by atoms with Gasteiger partial charge in [0, 0.05) is 0 Å². The fourth-order valence-electron chi connectivity index (χ4n) is 0.117. The van der Waals surface area contributed by atoms with Crippen molar-refractivity contribution < 1.29 is 0 Å². The Morgan fingerprint density at radius 2 is 2.00 bits per heavy atom. The van der Waals surface area contributed by atoms with Crippen LogP contribution < -0.4 is 5.73 Å². The first-order valence-corrected chi connectivity index (χ1v) is 2.91. The Morgan fingerprint density at radius 3 is 2.11 bits per heavy atom. The van der Waals surface area contributed by atoms with E-state index >= 15 is 0 Å². The first-order valence-electron chi connectivity index (χ1n) is 1.78. The van der Waals surface area contributed by atoms with Crippen LogP contribution in [0.5, 0.6) is 0 Å². The van der Waals surface area contributed by atoms with Crippen LogP contribution in [0.15, 0.2) is 4.99 Å². The molecule has 0 heterocycles. The highest BCUT2D eigenvalue weighted by Crippen LogP contribution is 2.25. The molecule has 0 atom stereocenters. The Bertz CT molecular complexity index is 162. The number of rotatable bonds is 0. The van der Waals surface area contributed by atoms with Crippen molar-refractivity contribution in [3.8, 4) is 6.19 Å². The number of halogens is 3. The minimum absolute atomic E-state index is 0.324. The highest BCUT2D eigenvalue weighted by molar-refractivity contribution is 6.76. The topological polar surface area (TPSA) is 62.2 Å². The first kappa shape index (κ1) is 8.83. The van der Waals surface area contributed by atoms with Crippen LogP contribution in [0.25, 0.3) is 0 Å². The summed E-state index contributed by atoms with van der Waals surface area (Å²) in [6.45, 7) is 0.